The molecule has 114 valence electrons. The first-order valence-electron chi connectivity index (χ1n) is 7.80. The van der Waals surface area contributed by atoms with Gasteiger partial charge in [0, 0.05) is 6.20 Å². The van der Waals surface area contributed by atoms with Gasteiger partial charge in [-0.3, -0.25) is 4.68 Å². The third kappa shape index (κ3) is 3.63. The fourth-order valence-corrected chi connectivity index (χ4v) is 3.18. The van der Waals surface area contributed by atoms with Gasteiger partial charge in [0.05, 0.1) is 36.4 Å². The van der Waals surface area contributed by atoms with Crippen molar-refractivity contribution in [1.82, 2.24) is 9.78 Å². The van der Waals surface area contributed by atoms with E-state index in [1.54, 1.807) is 17.8 Å². The highest BCUT2D eigenvalue weighted by Crippen LogP contribution is 2.38. The summed E-state index contributed by atoms with van der Waals surface area (Å²) in [5, 5.41) is 13.7. The largest absolute Gasteiger partial charge is 0.462 e. The van der Waals surface area contributed by atoms with Gasteiger partial charge in [0.25, 0.3) is 0 Å². The summed E-state index contributed by atoms with van der Waals surface area (Å²) in [4.78, 5) is 11.7. The molecule has 5 nitrogen and oxygen atoms in total. The van der Waals surface area contributed by atoms with E-state index in [0.29, 0.717) is 18.1 Å². The maximum atomic E-state index is 11.7. The average molecular weight is 289 g/mol. The molecule has 0 bridgehead atoms. The Kier molecular flexibility index (Phi) is 5.38. The maximum Gasteiger partial charge on any atom is 0.341 e. The van der Waals surface area contributed by atoms with Gasteiger partial charge in [-0.05, 0) is 32.1 Å². The van der Waals surface area contributed by atoms with E-state index >= 15 is 0 Å². The van der Waals surface area contributed by atoms with Crippen molar-refractivity contribution in [2.45, 2.75) is 52.0 Å². The van der Waals surface area contributed by atoms with E-state index in [-0.39, 0.29) is 17.9 Å². The Morgan fingerprint density at radius 1 is 1.52 bits per heavy atom. The number of rotatable bonds is 5. The first kappa shape index (κ1) is 15.6. The molecule has 0 aromatic carbocycles. The number of ether oxygens (including phenoxy) is 1. The number of carbonyl (C=O) groups excluding carboxylic acids is 1. The molecule has 0 saturated heterocycles. The highest BCUT2D eigenvalue weighted by Gasteiger charge is 2.32. The molecule has 1 fully saturated rings. The second kappa shape index (κ2) is 7.26. The van der Waals surface area contributed by atoms with Crippen molar-refractivity contribution >= 4 is 5.97 Å². The molecule has 0 aliphatic heterocycles. The van der Waals surface area contributed by atoms with E-state index < -0.39 is 0 Å². The van der Waals surface area contributed by atoms with Gasteiger partial charge >= 0.3 is 5.97 Å². The highest BCUT2D eigenvalue weighted by atomic mass is 16.5. The fraction of sp³-hybridized carbons (Fsp3) is 0.688. The Bertz CT molecular complexity index is 518. The normalized spacial score (nSPS) is 25.3. The summed E-state index contributed by atoms with van der Waals surface area (Å²) >= 11 is 0. The van der Waals surface area contributed by atoms with Gasteiger partial charge in [-0.15, -0.1) is 0 Å². The molecule has 0 amide bonds. The van der Waals surface area contributed by atoms with Crippen LogP contribution >= 0.6 is 0 Å². The zero-order chi connectivity index (χ0) is 15.2. The quantitative estimate of drug-likeness (QED) is 0.780. The van der Waals surface area contributed by atoms with Crippen LogP contribution in [0.1, 0.15) is 62.4 Å². The second-order valence-electron chi connectivity index (χ2n) is 5.70. The van der Waals surface area contributed by atoms with E-state index in [4.69, 9.17) is 4.74 Å². The average Bonchev–Trinajstić information content (AvgIpc) is 2.97. The van der Waals surface area contributed by atoms with Crippen LogP contribution in [-0.2, 0) is 4.74 Å². The summed E-state index contributed by atoms with van der Waals surface area (Å²) in [5.41, 5.74) is 0.464. The smallest absolute Gasteiger partial charge is 0.341 e. The zero-order valence-corrected chi connectivity index (χ0v) is 12.8. The highest BCUT2D eigenvalue weighted by molar-refractivity contribution is 5.88. The first-order valence-corrected chi connectivity index (χ1v) is 7.80. The lowest BCUT2D eigenvalue weighted by Gasteiger charge is -2.32. The molecule has 0 spiro atoms. The minimum Gasteiger partial charge on any atom is -0.462 e. The van der Waals surface area contributed by atoms with E-state index in [1.807, 2.05) is 0 Å². The van der Waals surface area contributed by atoms with Gasteiger partial charge in [-0.1, -0.05) is 19.8 Å². The van der Waals surface area contributed by atoms with E-state index in [1.165, 1.54) is 19.0 Å². The predicted octanol–water partition coefficient (Wildman–Crippen LogP) is 3.34. The third-order valence-electron chi connectivity index (χ3n) is 4.24. The first-order chi connectivity index (χ1) is 10.2. The number of carbonyl (C=O) groups is 1. The van der Waals surface area contributed by atoms with Crippen LogP contribution in [0.4, 0.5) is 0 Å². The lowest BCUT2D eigenvalue weighted by atomic mass is 9.77. The lowest BCUT2D eigenvalue weighted by Crippen LogP contribution is -2.27. The Labute approximate surface area is 125 Å². The number of esters is 1. The molecule has 5 heteroatoms. The van der Waals surface area contributed by atoms with Crippen LogP contribution in [0.3, 0.4) is 0 Å². The van der Waals surface area contributed by atoms with Crippen LogP contribution in [0.5, 0.6) is 0 Å². The summed E-state index contributed by atoms with van der Waals surface area (Å²) < 4.78 is 6.78. The molecule has 0 radical (unpaired) electrons. The predicted molar refractivity (Wildman–Crippen MR) is 78.6 cm³/mol. The Balaban J connectivity index is 2.13. The number of aromatic nitrogens is 2. The molecule has 1 aliphatic carbocycles. The van der Waals surface area contributed by atoms with Gasteiger partial charge in [-0.25, -0.2) is 4.79 Å². The molecular formula is C16H23N3O2. The van der Waals surface area contributed by atoms with Crippen LogP contribution in [0.2, 0.25) is 0 Å². The number of nitriles is 1. The van der Waals surface area contributed by atoms with E-state index in [0.717, 1.165) is 19.3 Å². The fourth-order valence-electron chi connectivity index (χ4n) is 3.18. The third-order valence-corrected chi connectivity index (χ3v) is 4.24. The van der Waals surface area contributed by atoms with Gasteiger partial charge in [0.15, 0.2) is 0 Å². The van der Waals surface area contributed by atoms with Crippen molar-refractivity contribution in [2.75, 3.05) is 6.61 Å². The van der Waals surface area contributed by atoms with Gasteiger partial charge in [-0.2, -0.15) is 10.4 Å². The maximum absolute atomic E-state index is 11.7. The van der Waals surface area contributed by atoms with Gasteiger partial charge < -0.3 is 4.74 Å². The monoisotopic (exact) mass is 289 g/mol. The van der Waals surface area contributed by atoms with Crippen LogP contribution in [0.15, 0.2) is 12.4 Å². The Morgan fingerprint density at radius 3 is 3.00 bits per heavy atom. The van der Waals surface area contributed by atoms with Gasteiger partial charge in [0.2, 0.25) is 0 Å². The van der Waals surface area contributed by atoms with Crippen molar-refractivity contribution in [2.24, 2.45) is 11.8 Å². The van der Waals surface area contributed by atoms with Crippen LogP contribution in [-0.4, -0.2) is 22.4 Å². The number of hydrogen-bond donors (Lipinski definition) is 0. The van der Waals surface area contributed by atoms with Crippen molar-refractivity contribution in [1.29, 1.82) is 5.26 Å². The minimum atomic E-state index is -0.349. The molecule has 1 heterocycles. The van der Waals surface area contributed by atoms with Crippen LogP contribution < -0.4 is 0 Å². The molecule has 1 aromatic rings. The lowest BCUT2D eigenvalue weighted by molar-refractivity contribution is 0.0526. The summed E-state index contributed by atoms with van der Waals surface area (Å²) in [6.45, 7) is 4.33. The zero-order valence-electron chi connectivity index (χ0n) is 12.8. The molecule has 1 aliphatic rings. The Hall–Kier alpha value is -1.83. The topological polar surface area (TPSA) is 67.9 Å². The van der Waals surface area contributed by atoms with Crippen molar-refractivity contribution in [3.05, 3.63) is 18.0 Å². The molecule has 3 atom stereocenters. The molecule has 3 unspecified atom stereocenters. The summed E-state index contributed by atoms with van der Waals surface area (Å²) in [6.07, 6.45) is 8.63. The molecule has 1 saturated carbocycles. The SMILES string of the molecule is CCCC1CCC(C#N)C(n2cc(C(=O)OCC)cn2)C1. The van der Waals surface area contributed by atoms with Crippen molar-refractivity contribution < 1.29 is 9.53 Å². The van der Waals surface area contributed by atoms with Crippen molar-refractivity contribution in [3.63, 3.8) is 0 Å². The Morgan fingerprint density at radius 2 is 2.33 bits per heavy atom. The second-order valence-corrected chi connectivity index (χ2v) is 5.70. The van der Waals surface area contributed by atoms with Crippen LogP contribution in [0.25, 0.3) is 0 Å². The van der Waals surface area contributed by atoms with Gasteiger partial charge in [0.1, 0.15) is 0 Å². The summed E-state index contributed by atoms with van der Waals surface area (Å²) in [6, 6.07) is 2.47. The van der Waals surface area contributed by atoms with E-state index in [9.17, 15) is 10.1 Å². The molecular weight excluding hydrogens is 266 g/mol. The van der Waals surface area contributed by atoms with E-state index in [2.05, 4.69) is 18.1 Å². The standard InChI is InChI=1S/C16H23N3O2/c1-3-5-12-6-7-13(9-17)15(8-12)19-11-14(10-18-19)16(20)21-4-2/h10-13,15H,3-8H2,1-2H3. The van der Waals surface area contributed by atoms with Crippen LogP contribution in [0, 0.1) is 23.2 Å². The molecule has 0 N–H and O–H groups in total. The minimum absolute atomic E-state index is 0.0203. The summed E-state index contributed by atoms with van der Waals surface area (Å²) in [5.74, 6) is 0.283. The number of hydrogen-bond acceptors (Lipinski definition) is 4. The molecule has 2 rings (SSSR count). The summed E-state index contributed by atoms with van der Waals surface area (Å²) in [7, 11) is 0. The molecule has 1 aromatic heterocycles. The van der Waals surface area contributed by atoms with Crippen molar-refractivity contribution in [3.8, 4) is 6.07 Å². The number of nitrogens with zero attached hydrogens (tertiary/aromatic N) is 3. The molecule has 21 heavy (non-hydrogen) atoms.